The molecule has 0 fully saturated rings. The van der Waals surface area contributed by atoms with Gasteiger partial charge >= 0.3 is 0 Å². The van der Waals surface area contributed by atoms with Gasteiger partial charge in [0.25, 0.3) is 11.8 Å². The quantitative estimate of drug-likeness (QED) is 0.928. The second kappa shape index (κ2) is 6.40. The summed E-state index contributed by atoms with van der Waals surface area (Å²) in [5.41, 5.74) is 1.25. The fraction of sp³-hybridized carbons (Fsp3) is 0.412. The zero-order valence-corrected chi connectivity index (χ0v) is 13.0. The van der Waals surface area contributed by atoms with Gasteiger partial charge in [0.15, 0.2) is 12.4 Å². The van der Waals surface area contributed by atoms with E-state index in [1.165, 1.54) is 12.1 Å². The highest BCUT2D eigenvalue weighted by molar-refractivity contribution is 6.05. The van der Waals surface area contributed by atoms with Crippen LogP contribution in [0.15, 0.2) is 23.8 Å². The fourth-order valence-electron chi connectivity index (χ4n) is 2.87. The molecule has 0 saturated carbocycles. The Balaban J connectivity index is 1.90. The van der Waals surface area contributed by atoms with Crippen molar-refractivity contribution in [2.45, 2.75) is 32.6 Å². The number of ether oxygens (including phenoxy) is 1. The van der Waals surface area contributed by atoms with Crippen LogP contribution in [-0.4, -0.2) is 25.0 Å². The molecule has 1 aromatic rings. The van der Waals surface area contributed by atoms with Crippen LogP contribution in [0.4, 0.5) is 15.8 Å². The Kier molecular flexibility index (Phi) is 4.32. The van der Waals surface area contributed by atoms with Crippen molar-refractivity contribution in [3.8, 4) is 5.75 Å². The summed E-state index contributed by atoms with van der Waals surface area (Å²) in [5, 5.41) is 2.60. The molecule has 122 valence electrons. The number of nitrogens with zero attached hydrogens (tertiary/aromatic N) is 1. The second-order valence-electron chi connectivity index (χ2n) is 5.71. The Morgan fingerprint density at radius 3 is 2.96 bits per heavy atom. The first kappa shape index (κ1) is 15.5. The number of anilines is 2. The van der Waals surface area contributed by atoms with Gasteiger partial charge in [-0.05, 0) is 31.7 Å². The smallest absolute Gasteiger partial charge is 0.265 e. The molecule has 1 aromatic carbocycles. The standard InChI is InChI=1S/C17H19FN2O3/c1-2-7-20-14-9-13(19-17(22)11-5-3-4-6-11)12(18)8-15(14)23-10-16(20)21/h5,8-9H,2-4,6-7,10H2,1H3,(H,19,22). The first-order valence-electron chi connectivity index (χ1n) is 7.87. The number of nitrogens with one attached hydrogen (secondary N) is 1. The number of hydrogen-bond donors (Lipinski definition) is 1. The molecule has 0 spiro atoms. The number of rotatable bonds is 4. The molecule has 0 saturated heterocycles. The van der Waals surface area contributed by atoms with Gasteiger partial charge in [0.05, 0.1) is 11.4 Å². The minimum Gasteiger partial charge on any atom is -0.481 e. The van der Waals surface area contributed by atoms with Crippen molar-refractivity contribution in [2.75, 3.05) is 23.4 Å². The maximum atomic E-state index is 14.2. The molecule has 0 unspecified atom stereocenters. The first-order valence-corrected chi connectivity index (χ1v) is 7.87. The summed E-state index contributed by atoms with van der Waals surface area (Å²) in [6.45, 7) is 2.39. The largest absolute Gasteiger partial charge is 0.481 e. The maximum Gasteiger partial charge on any atom is 0.265 e. The minimum atomic E-state index is -0.568. The summed E-state index contributed by atoms with van der Waals surface area (Å²) < 4.78 is 19.5. The van der Waals surface area contributed by atoms with Crippen LogP contribution in [-0.2, 0) is 9.59 Å². The van der Waals surface area contributed by atoms with E-state index in [9.17, 15) is 14.0 Å². The van der Waals surface area contributed by atoms with Crippen molar-refractivity contribution in [1.29, 1.82) is 0 Å². The Hall–Kier alpha value is -2.37. The van der Waals surface area contributed by atoms with Crippen molar-refractivity contribution in [3.63, 3.8) is 0 Å². The summed E-state index contributed by atoms with van der Waals surface area (Å²) in [4.78, 5) is 25.7. The lowest BCUT2D eigenvalue weighted by Crippen LogP contribution is -2.39. The summed E-state index contributed by atoms with van der Waals surface area (Å²) >= 11 is 0. The molecule has 1 heterocycles. The van der Waals surface area contributed by atoms with Gasteiger partial charge in [-0.15, -0.1) is 0 Å². The normalized spacial score (nSPS) is 16.7. The topological polar surface area (TPSA) is 58.6 Å². The monoisotopic (exact) mass is 318 g/mol. The molecule has 2 amide bonds. The Morgan fingerprint density at radius 2 is 2.26 bits per heavy atom. The van der Waals surface area contributed by atoms with Crippen LogP contribution in [0.3, 0.4) is 0 Å². The summed E-state index contributed by atoms with van der Waals surface area (Å²) in [6, 6.07) is 2.70. The lowest BCUT2D eigenvalue weighted by atomic mass is 10.1. The molecule has 0 aromatic heterocycles. The molecule has 2 aliphatic rings. The van der Waals surface area contributed by atoms with Crippen molar-refractivity contribution in [2.24, 2.45) is 0 Å². The summed E-state index contributed by atoms with van der Waals surface area (Å²) in [7, 11) is 0. The van der Waals surface area contributed by atoms with Crippen molar-refractivity contribution in [1.82, 2.24) is 0 Å². The third-order valence-corrected chi connectivity index (χ3v) is 4.02. The van der Waals surface area contributed by atoms with Crippen LogP contribution in [0, 0.1) is 5.82 Å². The van der Waals surface area contributed by atoms with Gasteiger partial charge < -0.3 is 15.0 Å². The SMILES string of the molecule is CCCN1C(=O)COc2cc(F)c(NC(=O)C3=CCCC3)cc21. The van der Waals surface area contributed by atoms with Crippen molar-refractivity contribution < 1.29 is 18.7 Å². The average Bonchev–Trinajstić information content (AvgIpc) is 3.06. The third-order valence-electron chi connectivity index (χ3n) is 4.02. The fourth-order valence-corrected chi connectivity index (χ4v) is 2.87. The Morgan fingerprint density at radius 1 is 1.43 bits per heavy atom. The van der Waals surface area contributed by atoms with Gasteiger partial charge in [-0.2, -0.15) is 0 Å². The van der Waals surface area contributed by atoms with E-state index >= 15 is 0 Å². The maximum absolute atomic E-state index is 14.2. The molecule has 1 N–H and O–H groups in total. The molecule has 1 aliphatic carbocycles. The predicted octanol–water partition coefficient (Wildman–Crippen LogP) is 3.01. The number of allylic oxidation sites excluding steroid dienone is 1. The molecule has 0 radical (unpaired) electrons. The number of carbonyl (C=O) groups is 2. The number of amides is 2. The Labute approximate surface area is 134 Å². The van der Waals surface area contributed by atoms with E-state index in [1.807, 2.05) is 13.0 Å². The first-order chi connectivity index (χ1) is 11.1. The van der Waals surface area contributed by atoms with Gasteiger partial charge in [-0.25, -0.2) is 4.39 Å². The molecule has 1 aliphatic heterocycles. The number of benzene rings is 1. The lowest BCUT2D eigenvalue weighted by Gasteiger charge is -2.29. The van der Waals surface area contributed by atoms with E-state index in [0.29, 0.717) is 30.0 Å². The number of carbonyl (C=O) groups excluding carboxylic acids is 2. The average molecular weight is 318 g/mol. The van der Waals surface area contributed by atoms with Crippen LogP contribution < -0.4 is 15.0 Å². The molecule has 0 atom stereocenters. The molecule has 6 heteroatoms. The van der Waals surface area contributed by atoms with Gasteiger partial charge in [0.2, 0.25) is 0 Å². The van der Waals surface area contributed by atoms with Crippen LogP contribution in [0.2, 0.25) is 0 Å². The molecule has 5 nitrogen and oxygen atoms in total. The number of halogens is 1. The van der Waals surface area contributed by atoms with Gasteiger partial charge in [0, 0.05) is 18.2 Å². The van der Waals surface area contributed by atoms with E-state index in [4.69, 9.17) is 4.74 Å². The highest BCUT2D eigenvalue weighted by atomic mass is 19.1. The summed E-state index contributed by atoms with van der Waals surface area (Å²) in [6.07, 6.45) is 5.19. The van der Waals surface area contributed by atoms with Crippen LogP contribution in [0.5, 0.6) is 5.75 Å². The molecule has 0 bridgehead atoms. The second-order valence-corrected chi connectivity index (χ2v) is 5.71. The van der Waals surface area contributed by atoms with Gasteiger partial charge in [-0.3, -0.25) is 9.59 Å². The number of hydrogen-bond acceptors (Lipinski definition) is 3. The Bertz CT molecular complexity index is 685. The van der Waals surface area contributed by atoms with E-state index in [-0.39, 0.29) is 24.1 Å². The van der Waals surface area contributed by atoms with Gasteiger partial charge in [0.1, 0.15) is 5.75 Å². The molecular weight excluding hydrogens is 299 g/mol. The van der Waals surface area contributed by atoms with Crippen molar-refractivity contribution in [3.05, 3.63) is 29.6 Å². The van der Waals surface area contributed by atoms with Crippen LogP contribution in [0.1, 0.15) is 32.6 Å². The van der Waals surface area contributed by atoms with Gasteiger partial charge in [-0.1, -0.05) is 13.0 Å². The number of fused-ring (bicyclic) bond motifs is 1. The highest BCUT2D eigenvalue weighted by Crippen LogP contribution is 2.36. The molecule has 3 rings (SSSR count). The zero-order valence-electron chi connectivity index (χ0n) is 13.0. The highest BCUT2D eigenvalue weighted by Gasteiger charge is 2.27. The van der Waals surface area contributed by atoms with E-state index < -0.39 is 5.82 Å². The minimum absolute atomic E-state index is 0.0703. The lowest BCUT2D eigenvalue weighted by molar-refractivity contribution is -0.121. The van der Waals surface area contributed by atoms with E-state index in [2.05, 4.69) is 5.32 Å². The van der Waals surface area contributed by atoms with Crippen LogP contribution >= 0.6 is 0 Å². The predicted molar refractivity (Wildman–Crippen MR) is 85.1 cm³/mol. The van der Waals surface area contributed by atoms with E-state index in [1.54, 1.807) is 4.90 Å². The van der Waals surface area contributed by atoms with Crippen molar-refractivity contribution >= 4 is 23.2 Å². The third kappa shape index (κ3) is 3.06. The molecule has 23 heavy (non-hydrogen) atoms. The zero-order chi connectivity index (χ0) is 16.4. The summed E-state index contributed by atoms with van der Waals surface area (Å²) in [5.74, 6) is -0.691. The molecular formula is C17H19FN2O3. The van der Waals surface area contributed by atoms with Crippen LogP contribution in [0.25, 0.3) is 0 Å². The van der Waals surface area contributed by atoms with E-state index in [0.717, 1.165) is 19.3 Å².